The summed E-state index contributed by atoms with van der Waals surface area (Å²) >= 11 is 1.32. The molecular formula is C26H25N3O9S. The second-order valence-electron chi connectivity index (χ2n) is 8.71. The molecule has 0 bridgehead atoms. The smallest absolute Gasteiger partial charge is 0.355 e. The number of carbonyl (C=O) groups excluding carboxylic acids is 5. The molecule has 12 nitrogen and oxygen atoms in total. The standard InChI is InChI=1S/C26H25N3O9S/c1-15(30)36-13-18-14-39-25-22(27-21(33)11-28-9-7-19(32)8-10-28)24(34)29(25)23(18)26(35)37-12-17-3-5-20(6-4-17)38-16(2)31/h3-10,22,25H,11-14H2,1-2H3,(H,27,33)/t22-,25-/m1/s1. The molecule has 1 N–H and O–H groups in total. The van der Waals surface area contributed by atoms with Crippen molar-refractivity contribution in [1.82, 2.24) is 14.8 Å². The minimum absolute atomic E-state index is 0.0209. The molecule has 204 valence electrons. The maximum atomic E-state index is 13.2. The minimum atomic E-state index is -0.867. The van der Waals surface area contributed by atoms with Crippen LogP contribution in [0.3, 0.4) is 0 Å². The van der Waals surface area contributed by atoms with Gasteiger partial charge in [0.1, 0.15) is 42.6 Å². The first-order chi connectivity index (χ1) is 18.6. The third-order valence-electron chi connectivity index (χ3n) is 5.75. The summed E-state index contributed by atoms with van der Waals surface area (Å²) in [7, 11) is 0. The molecule has 0 saturated carbocycles. The third-order valence-corrected chi connectivity index (χ3v) is 7.09. The van der Waals surface area contributed by atoms with Crippen molar-refractivity contribution in [2.75, 3.05) is 12.4 Å². The van der Waals surface area contributed by atoms with Crippen molar-refractivity contribution in [2.24, 2.45) is 0 Å². The van der Waals surface area contributed by atoms with Gasteiger partial charge in [-0.05, 0) is 17.7 Å². The lowest BCUT2D eigenvalue weighted by Crippen LogP contribution is -2.70. The predicted molar refractivity (Wildman–Crippen MR) is 137 cm³/mol. The Morgan fingerprint density at radius 3 is 2.28 bits per heavy atom. The van der Waals surface area contributed by atoms with Crippen molar-refractivity contribution in [2.45, 2.75) is 38.4 Å². The monoisotopic (exact) mass is 555 g/mol. The molecule has 1 aromatic heterocycles. The summed E-state index contributed by atoms with van der Waals surface area (Å²) in [5.41, 5.74) is 0.816. The lowest BCUT2D eigenvalue weighted by atomic mass is 10.0. The van der Waals surface area contributed by atoms with E-state index in [9.17, 15) is 28.8 Å². The Balaban J connectivity index is 1.44. The van der Waals surface area contributed by atoms with Crippen molar-refractivity contribution in [3.05, 3.63) is 75.8 Å². The Hall–Kier alpha value is -4.39. The van der Waals surface area contributed by atoms with Gasteiger partial charge in [-0.2, -0.15) is 0 Å². The molecule has 2 atom stereocenters. The van der Waals surface area contributed by atoms with Gasteiger partial charge in [-0.25, -0.2) is 4.79 Å². The van der Waals surface area contributed by atoms with E-state index < -0.39 is 41.1 Å². The van der Waals surface area contributed by atoms with E-state index in [0.29, 0.717) is 16.9 Å². The number of nitrogens with zero attached hydrogens (tertiary/aromatic N) is 2. The molecule has 2 aliphatic rings. The Labute approximate surface area is 226 Å². The summed E-state index contributed by atoms with van der Waals surface area (Å²) in [5.74, 6) is -2.11. The normalized spacial score (nSPS) is 18.0. The van der Waals surface area contributed by atoms with Crippen molar-refractivity contribution in [3.8, 4) is 5.75 Å². The summed E-state index contributed by atoms with van der Waals surface area (Å²) in [5, 5.41) is 2.13. The van der Waals surface area contributed by atoms with Crippen LogP contribution in [0.5, 0.6) is 5.75 Å². The first-order valence-electron chi connectivity index (χ1n) is 11.8. The summed E-state index contributed by atoms with van der Waals surface area (Å²) in [4.78, 5) is 73.8. The van der Waals surface area contributed by atoms with Gasteiger partial charge in [0, 0.05) is 49.7 Å². The van der Waals surface area contributed by atoms with Gasteiger partial charge in [0.05, 0.1) is 0 Å². The number of esters is 3. The lowest BCUT2D eigenvalue weighted by molar-refractivity contribution is -0.153. The van der Waals surface area contributed by atoms with Crippen LogP contribution in [0, 0.1) is 0 Å². The quantitative estimate of drug-likeness (QED) is 0.267. The fraction of sp³-hybridized carbons (Fsp3) is 0.308. The molecule has 2 aromatic rings. The number of pyridine rings is 1. The number of nitrogens with one attached hydrogen (secondary N) is 1. The van der Waals surface area contributed by atoms with Crippen LogP contribution in [0.2, 0.25) is 0 Å². The van der Waals surface area contributed by atoms with E-state index in [1.165, 1.54) is 59.6 Å². The van der Waals surface area contributed by atoms with E-state index in [4.69, 9.17) is 14.2 Å². The van der Waals surface area contributed by atoms with Crippen LogP contribution in [0.25, 0.3) is 0 Å². The Morgan fingerprint density at radius 2 is 1.64 bits per heavy atom. The number of hydrogen-bond donors (Lipinski definition) is 1. The number of rotatable bonds is 9. The van der Waals surface area contributed by atoms with Crippen molar-refractivity contribution in [1.29, 1.82) is 0 Å². The maximum Gasteiger partial charge on any atom is 0.355 e. The van der Waals surface area contributed by atoms with Crippen molar-refractivity contribution < 1.29 is 38.2 Å². The largest absolute Gasteiger partial charge is 0.461 e. The second kappa shape index (κ2) is 12.0. The maximum absolute atomic E-state index is 13.2. The molecule has 1 aromatic carbocycles. The van der Waals surface area contributed by atoms with Crippen LogP contribution in [0.15, 0.2) is 64.9 Å². The zero-order valence-corrected chi connectivity index (χ0v) is 21.9. The highest BCUT2D eigenvalue weighted by Gasteiger charge is 2.54. The highest BCUT2D eigenvalue weighted by molar-refractivity contribution is 8.00. The summed E-state index contributed by atoms with van der Waals surface area (Å²) in [6.07, 6.45) is 2.93. The van der Waals surface area contributed by atoms with Crippen LogP contribution < -0.4 is 15.5 Å². The topological polar surface area (TPSA) is 150 Å². The fourth-order valence-corrected chi connectivity index (χ4v) is 5.27. The van der Waals surface area contributed by atoms with Crippen LogP contribution in [0.4, 0.5) is 0 Å². The minimum Gasteiger partial charge on any atom is -0.461 e. The molecule has 2 aliphatic heterocycles. The van der Waals surface area contributed by atoms with E-state index >= 15 is 0 Å². The number of benzene rings is 1. The van der Waals surface area contributed by atoms with Crippen LogP contribution in [-0.2, 0) is 46.6 Å². The summed E-state index contributed by atoms with van der Waals surface area (Å²) in [6, 6.07) is 8.15. The molecule has 39 heavy (non-hydrogen) atoms. The number of hydrogen-bond acceptors (Lipinski definition) is 10. The molecule has 0 spiro atoms. The molecule has 13 heteroatoms. The Morgan fingerprint density at radius 1 is 0.949 bits per heavy atom. The zero-order valence-electron chi connectivity index (χ0n) is 21.1. The van der Waals surface area contributed by atoms with Crippen LogP contribution >= 0.6 is 11.8 Å². The predicted octanol–water partition coefficient (Wildman–Crippen LogP) is 0.734. The van der Waals surface area contributed by atoms with Gasteiger partial charge < -0.3 is 24.1 Å². The Bertz CT molecular complexity index is 1380. The van der Waals surface area contributed by atoms with Gasteiger partial charge >= 0.3 is 17.9 Å². The average Bonchev–Trinajstić information content (AvgIpc) is 2.90. The first kappa shape index (κ1) is 27.6. The average molecular weight is 556 g/mol. The highest BCUT2D eigenvalue weighted by atomic mass is 32.2. The van der Waals surface area contributed by atoms with Gasteiger partial charge in [-0.3, -0.25) is 28.9 Å². The summed E-state index contributed by atoms with van der Waals surface area (Å²) in [6.45, 7) is 2.11. The lowest BCUT2D eigenvalue weighted by Gasteiger charge is -2.49. The number of fused-ring (bicyclic) bond motifs is 1. The molecule has 0 radical (unpaired) electrons. The van der Waals surface area contributed by atoms with E-state index in [1.54, 1.807) is 24.3 Å². The highest BCUT2D eigenvalue weighted by Crippen LogP contribution is 2.40. The molecule has 4 rings (SSSR count). The molecule has 3 heterocycles. The van der Waals surface area contributed by atoms with Gasteiger partial charge in [0.25, 0.3) is 5.91 Å². The van der Waals surface area contributed by atoms with Gasteiger partial charge in [0.15, 0.2) is 5.43 Å². The van der Waals surface area contributed by atoms with E-state index in [-0.39, 0.29) is 36.6 Å². The number of carbonyl (C=O) groups is 5. The number of β-lactam (4-membered cyclic amide) rings is 1. The molecule has 1 fully saturated rings. The molecule has 0 unspecified atom stereocenters. The first-order valence-corrected chi connectivity index (χ1v) is 12.9. The zero-order chi connectivity index (χ0) is 28.1. The van der Waals surface area contributed by atoms with E-state index in [0.717, 1.165) is 0 Å². The van der Waals surface area contributed by atoms with Gasteiger partial charge in [-0.15, -0.1) is 11.8 Å². The molecule has 2 amide bonds. The van der Waals surface area contributed by atoms with Crippen molar-refractivity contribution in [3.63, 3.8) is 0 Å². The van der Waals surface area contributed by atoms with Gasteiger partial charge in [-0.1, -0.05) is 12.1 Å². The fourth-order valence-electron chi connectivity index (χ4n) is 3.94. The second-order valence-corrected chi connectivity index (χ2v) is 9.81. The molecule has 0 aliphatic carbocycles. The SMILES string of the molecule is CC(=O)OCC1=C(C(=O)OCc2ccc(OC(C)=O)cc2)N2C(=O)[C@@H](NC(=O)Cn3ccc(=O)cc3)[C@H]2SC1. The van der Waals surface area contributed by atoms with Crippen molar-refractivity contribution >= 4 is 41.5 Å². The van der Waals surface area contributed by atoms with Crippen LogP contribution in [-0.4, -0.2) is 63.0 Å². The molecule has 1 saturated heterocycles. The van der Waals surface area contributed by atoms with E-state index in [2.05, 4.69) is 5.32 Å². The number of aromatic nitrogens is 1. The van der Waals surface area contributed by atoms with E-state index in [1.807, 2.05) is 0 Å². The Kier molecular flexibility index (Phi) is 8.49. The third kappa shape index (κ3) is 6.74. The number of amides is 2. The van der Waals surface area contributed by atoms with Crippen LogP contribution in [0.1, 0.15) is 19.4 Å². The summed E-state index contributed by atoms with van der Waals surface area (Å²) < 4.78 is 17.0. The molecular weight excluding hydrogens is 530 g/mol. The number of ether oxygens (including phenoxy) is 3. The van der Waals surface area contributed by atoms with Gasteiger partial charge in [0.2, 0.25) is 5.91 Å². The number of thioether (sulfide) groups is 1.